The van der Waals surface area contributed by atoms with Gasteiger partial charge in [0.2, 0.25) is 5.91 Å². The number of benzene rings is 2. The Labute approximate surface area is 133 Å². The van der Waals surface area contributed by atoms with Crippen molar-refractivity contribution >= 4 is 11.6 Å². The van der Waals surface area contributed by atoms with Crippen molar-refractivity contribution in [2.45, 2.75) is 6.42 Å². The number of rotatable bonds is 5. The van der Waals surface area contributed by atoms with E-state index in [-0.39, 0.29) is 12.3 Å². The molecule has 0 atom stereocenters. The van der Waals surface area contributed by atoms with Crippen LogP contribution < -0.4 is 10.1 Å². The molecule has 23 heavy (non-hydrogen) atoms. The Morgan fingerprint density at radius 3 is 2.57 bits per heavy atom. The number of hydrogen-bond acceptors (Lipinski definition) is 4. The Bertz CT molecular complexity index is 780. The van der Waals surface area contributed by atoms with E-state index >= 15 is 0 Å². The first-order valence-electron chi connectivity index (χ1n) is 7.19. The molecule has 116 valence electrons. The number of carbonyl (C=O) groups is 1. The molecule has 0 unspecified atom stereocenters. The molecule has 5 nitrogen and oxygen atoms in total. The number of methoxy groups -OCH3 is 1. The van der Waals surface area contributed by atoms with Gasteiger partial charge in [0, 0.05) is 17.3 Å². The Hall–Kier alpha value is -3.08. The molecule has 0 aliphatic heterocycles. The van der Waals surface area contributed by atoms with Crippen molar-refractivity contribution in [2.75, 3.05) is 12.4 Å². The highest BCUT2D eigenvalue weighted by Crippen LogP contribution is 2.20. The van der Waals surface area contributed by atoms with Crippen LogP contribution in [0.1, 0.15) is 5.69 Å². The van der Waals surface area contributed by atoms with Crippen molar-refractivity contribution in [3.63, 3.8) is 0 Å². The Morgan fingerprint density at radius 2 is 1.87 bits per heavy atom. The number of nitrogens with zero attached hydrogens (tertiary/aromatic N) is 1. The molecule has 0 aliphatic carbocycles. The minimum Gasteiger partial charge on any atom is -0.497 e. The monoisotopic (exact) mass is 308 g/mol. The van der Waals surface area contributed by atoms with Gasteiger partial charge in [-0.25, -0.2) is 0 Å². The summed E-state index contributed by atoms with van der Waals surface area (Å²) in [7, 11) is 1.60. The standard InChI is InChI=1S/C18H16N2O3/c1-22-16-9-7-14(8-10-16)19-18(21)12-15-11-17(23-20-15)13-5-3-2-4-6-13/h2-11H,12H2,1H3,(H,19,21). The van der Waals surface area contributed by atoms with Crippen LogP contribution in [-0.4, -0.2) is 18.2 Å². The Morgan fingerprint density at radius 1 is 1.13 bits per heavy atom. The van der Waals surface area contributed by atoms with Gasteiger partial charge in [0.25, 0.3) is 0 Å². The maximum atomic E-state index is 12.1. The van der Waals surface area contributed by atoms with Crippen LogP contribution in [0.2, 0.25) is 0 Å². The van der Waals surface area contributed by atoms with E-state index in [1.807, 2.05) is 30.3 Å². The summed E-state index contributed by atoms with van der Waals surface area (Å²) in [5.74, 6) is 1.24. The summed E-state index contributed by atoms with van der Waals surface area (Å²) in [6, 6.07) is 18.6. The molecule has 0 saturated carbocycles. The van der Waals surface area contributed by atoms with Gasteiger partial charge in [-0.15, -0.1) is 0 Å². The minimum atomic E-state index is -0.150. The van der Waals surface area contributed by atoms with Gasteiger partial charge in [-0.05, 0) is 24.3 Å². The zero-order chi connectivity index (χ0) is 16.1. The summed E-state index contributed by atoms with van der Waals surface area (Å²) in [5, 5.41) is 6.76. The third-order valence-electron chi connectivity index (χ3n) is 3.33. The number of hydrogen-bond donors (Lipinski definition) is 1. The fourth-order valence-electron chi connectivity index (χ4n) is 2.18. The number of amides is 1. The Kier molecular flexibility index (Phi) is 4.38. The highest BCUT2D eigenvalue weighted by Gasteiger charge is 2.10. The number of carbonyl (C=O) groups excluding carboxylic acids is 1. The number of aromatic nitrogens is 1. The zero-order valence-electron chi connectivity index (χ0n) is 12.7. The molecule has 0 aliphatic rings. The van der Waals surface area contributed by atoms with Gasteiger partial charge in [-0.1, -0.05) is 35.5 Å². The van der Waals surface area contributed by atoms with Gasteiger partial charge < -0.3 is 14.6 Å². The van der Waals surface area contributed by atoms with Crippen LogP contribution in [0.5, 0.6) is 5.75 Å². The first kappa shape index (κ1) is 14.8. The molecule has 0 fully saturated rings. The van der Waals surface area contributed by atoms with E-state index in [0.29, 0.717) is 17.1 Å². The Balaban J connectivity index is 1.63. The van der Waals surface area contributed by atoms with Crippen LogP contribution >= 0.6 is 0 Å². The lowest BCUT2D eigenvalue weighted by Gasteiger charge is -2.05. The molecule has 0 saturated heterocycles. The van der Waals surface area contributed by atoms with Crippen LogP contribution in [-0.2, 0) is 11.2 Å². The van der Waals surface area contributed by atoms with E-state index in [1.54, 1.807) is 37.4 Å². The molecule has 0 bridgehead atoms. The summed E-state index contributed by atoms with van der Waals surface area (Å²) in [6.45, 7) is 0. The first-order valence-corrected chi connectivity index (χ1v) is 7.19. The summed E-state index contributed by atoms with van der Waals surface area (Å²) < 4.78 is 10.4. The van der Waals surface area contributed by atoms with Gasteiger partial charge in [0.15, 0.2) is 5.76 Å². The lowest BCUT2D eigenvalue weighted by atomic mass is 10.1. The predicted octanol–water partition coefficient (Wildman–Crippen LogP) is 3.53. The van der Waals surface area contributed by atoms with E-state index in [9.17, 15) is 4.79 Å². The largest absolute Gasteiger partial charge is 0.497 e. The molecule has 1 N–H and O–H groups in total. The molecule has 1 amide bonds. The summed E-state index contributed by atoms with van der Waals surface area (Å²) >= 11 is 0. The van der Waals surface area contributed by atoms with Crippen LogP contribution in [0.15, 0.2) is 65.2 Å². The van der Waals surface area contributed by atoms with Gasteiger partial charge in [0.05, 0.1) is 19.2 Å². The van der Waals surface area contributed by atoms with Crippen LogP contribution in [0.4, 0.5) is 5.69 Å². The first-order chi connectivity index (χ1) is 11.2. The van der Waals surface area contributed by atoms with Crippen LogP contribution in [0.25, 0.3) is 11.3 Å². The van der Waals surface area contributed by atoms with E-state index < -0.39 is 0 Å². The molecule has 2 aromatic carbocycles. The molecule has 3 aromatic rings. The van der Waals surface area contributed by atoms with E-state index in [1.165, 1.54) is 0 Å². The quantitative estimate of drug-likeness (QED) is 0.783. The SMILES string of the molecule is COc1ccc(NC(=O)Cc2cc(-c3ccccc3)on2)cc1. The highest BCUT2D eigenvalue weighted by atomic mass is 16.5. The molecule has 0 spiro atoms. The summed E-state index contributed by atoms with van der Waals surface area (Å²) in [6.07, 6.45) is 0.155. The van der Waals surface area contributed by atoms with Crippen molar-refractivity contribution < 1.29 is 14.1 Å². The molecule has 0 radical (unpaired) electrons. The average molecular weight is 308 g/mol. The van der Waals surface area contributed by atoms with Crippen molar-refractivity contribution in [2.24, 2.45) is 0 Å². The third-order valence-corrected chi connectivity index (χ3v) is 3.33. The number of nitrogens with one attached hydrogen (secondary N) is 1. The predicted molar refractivity (Wildman–Crippen MR) is 87.3 cm³/mol. The molecule has 1 heterocycles. The molecule has 3 rings (SSSR count). The maximum Gasteiger partial charge on any atom is 0.230 e. The van der Waals surface area contributed by atoms with E-state index in [2.05, 4.69) is 10.5 Å². The maximum absolute atomic E-state index is 12.1. The summed E-state index contributed by atoms with van der Waals surface area (Å²) in [4.78, 5) is 12.1. The topological polar surface area (TPSA) is 64.4 Å². The second-order valence-corrected chi connectivity index (χ2v) is 5.00. The van der Waals surface area contributed by atoms with Crippen molar-refractivity contribution in [1.29, 1.82) is 0 Å². The van der Waals surface area contributed by atoms with Crippen molar-refractivity contribution in [1.82, 2.24) is 5.16 Å². The fraction of sp³-hybridized carbons (Fsp3) is 0.111. The van der Waals surface area contributed by atoms with Gasteiger partial charge >= 0.3 is 0 Å². The van der Waals surface area contributed by atoms with Crippen molar-refractivity contribution in [3.05, 3.63) is 66.4 Å². The number of ether oxygens (including phenoxy) is 1. The summed E-state index contributed by atoms with van der Waals surface area (Å²) in [5.41, 5.74) is 2.24. The molecular weight excluding hydrogens is 292 g/mol. The second-order valence-electron chi connectivity index (χ2n) is 5.00. The lowest BCUT2D eigenvalue weighted by Crippen LogP contribution is -2.14. The van der Waals surface area contributed by atoms with Gasteiger partial charge in [0.1, 0.15) is 5.75 Å². The van der Waals surface area contributed by atoms with Crippen LogP contribution in [0, 0.1) is 0 Å². The van der Waals surface area contributed by atoms with Gasteiger partial charge in [-0.3, -0.25) is 4.79 Å². The average Bonchev–Trinajstić information content (AvgIpc) is 3.04. The fourth-order valence-corrected chi connectivity index (χ4v) is 2.18. The smallest absolute Gasteiger partial charge is 0.230 e. The minimum absolute atomic E-state index is 0.150. The zero-order valence-corrected chi connectivity index (χ0v) is 12.7. The van der Waals surface area contributed by atoms with E-state index in [4.69, 9.17) is 9.26 Å². The highest BCUT2D eigenvalue weighted by molar-refractivity contribution is 5.92. The second kappa shape index (κ2) is 6.79. The van der Waals surface area contributed by atoms with Gasteiger partial charge in [-0.2, -0.15) is 0 Å². The molecular formula is C18H16N2O3. The molecule has 5 heteroatoms. The lowest BCUT2D eigenvalue weighted by molar-refractivity contribution is -0.115. The normalized spacial score (nSPS) is 10.3. The van der Waals surface area contributed by atoms with E-state index in [0.717, 1.165) is 11.3 Å². The van der Waals surface area contributed by atoms with Crippen molar-refractivity contribution in [3.8, 4) is 17.1 Å². The molecule has 1 aromatic heterocycles. The number of anilines is 1. The third kappa shape index (κ3) is 3.77. The van der Waals surface area contributed by atoms with Crippen LogP contribution in [0.3, 0.4) is 0 Å².